The predicted octanol–water partition coefficient (Wildman–Crippen LogP) is 7.07. The second-order valence-electron chi connectivity index (χ2n) is 7.99. The molecule has 0 radical (unpaired) electrons. The van der Waals surface area contributed by atoms with Crippen molar-refractivity contribution in [2.75, 3.05) is 26.1 Å². The van der Waals surface area contributed by atoms with E-state index in [4.69, 9.17) is 9.84 Å². The molecule has 0 spiro atoms. The highest BCUT2D eigenvalue weighted by molar-refractivity contribution is 7.09. The van der Waals surface area contributed by atoms with E-state index in [0.717, 1.165) is 12.0 Å². The molecule has 1 aromatic heterocycles. The number of nitrogens with one attached hydrogen (secondary N) is 1. The van der Waals surface area contributed by atoms with E-state index in [0.29, 0.717) is 28.8 Å². The van der Waals surface area contributed by atoms with Gasteiger partial charge in [-0.15, -0.1) is 11.3 Å². The summed E-state index contributed by atoms with van der Waals surface area (Å²) in [5.74, 6) is 0.662. The molecule has 190 valence electrons. The summed E-state index contributed by atoms with van der Waals surface area (Å²) in [5.41, 5.74) is 1.13. The van der Waals surface area contributed by atoms with Gasteiger partial charge < -0.3 is 15.2 Å². The van der Waals surface area contributed by atoms with Crippen molar-refractivity contribution in [3.63, 3.8) is 0 Å². The zero-order chi connectivity index (χ0) is 26.0. The average Bonchev–Trinajstić information content (AvgIpc) is 3.34. The van der Waals surface area contributed by atoms with Crippen molar-refractivity contribution in [2.24, 2.45) is 4.99 Å². The number of halogens is 3. The van der Waals surface area contributed by atoms with E-state index in [2.05, 4.69) is 29.1 Å². The Morgan fingerprint density at radius 3 is 2.34 bits per heavy atom. The number of aliphatic hydroxyl groups is 1. The highest BCUT2D eigenvalue weighted by Crippen LogP contribution is 2.47. The lowest BCUT2D eigenvalue weighted by Gasteiger charge is -2.20. The number of thiazole rings is 1. The topological polar surface area (TPSA) is 66.7 Å². The van der Waals surface area contributed by atoms with Crippen molar-refractivity contribution in [2.45, 2.75) is 45.7 Å². The van der Waals surface area contributed by atoms with Gasteiger partial charge in [-0.3, -0.25) is 4.99 Å². The van der Waals surface area contributed by atoms with Crippen LogP contribution in [0.25, 0.3) is 0 Å². The van der Waals surface area contributed by atoms with Crippen LogP contribution < -0.4 is 10.1 Å². The van der Waals surface area contributed by atoms with E-state index in [1.54, 1.807) is 18.6 Å². The number of rotatable bonds is 8. The molecule has 0 unspecified atom stereocenters. The molecular formula is C26H32F3N3O2S. The van der Waals surface area contributed by atoms with Crippen LogP contribution in [0.4, 0.5) is 24.5 Å². The number of hydrogen-bond acceptors (Lipinski definition) is 6. The number of methoxy groups -OCH3 is 1. The van der Waals surface area contributed by atoms with Crippen molar-refractivity contribution in [1.29, 1.82) is 0 Å². The van der Waals surface area contributed by atoms with Gasteiger partial charge in [-0.1, -0.05) is 45.0 Å². The van der Waals surface area contributed by atoms with E-state index in [1.807, 2.05) is 31.2 Å². The first-order valence-corrected chi connectivity index (χ1v) is 12.2. The van der Waals surface area contributed by atoms with Crippen LogP contribution in [-0.4, -0.2) is 37.1 Å². The SMILES string of the molecule is CCCO.CNc1c(OC)cc(Cc2nccs2)c(C(F)(F)F)c1N=Cc1ccc(C(C)C)cc1. The molecular weight excluding hydrogens is 475 g/mol. The standard InChI is InChI=1S/C23H24F3N3OS.C3H8O/c1-14(2)16-7-5-15(6-8-16)13-29-22-20(23(24,25)26)17(12-19-28-9-10-31-19)11-18(30-4)21(22)27-3;1-2-3-4/h5-11,13-14,27H,12H2,1-4H3;4H,2-3H2,1H3. The maximum atomic E-state index is 14.2. The van der Waals surface area contributed by atoms with Crippen LogP contribution in [0.15, 0.2) is 46.9 Å². The molecule has 9 heteroatoms. The molecule has 5 nitrogen and oxygen atoms in total. The number of nitrogens with zero attached hydrogens (tertiary/aromatic N) is 2. The summed E-state index contributed by atoms with van der Waals surface area (Å²) in [7, 11) is 2.98. The minimum absolute atomic E-state index is 0.0401. The van der Waals surface area contributed by atoms with Crippen molar-refractivity contribution < 1.29 is 23.0 Å². The molecule has 1 heterocycles. The molecule has 0 saturated carbocycles. The number of anilines is 1. The summed E-state index contributed by atoms with van der Waals surface area (Å²) < 4.78 is 48.0. The predicted molar refractivity (Wildman–Crippen MR) is 138 cm³/mol. The van der Waals surface area contributed by atoms with Gasteiger partial charge in [-0.2, -0.15) is 13.2 Å². The Hall–Kier alpha value is -2.91. The Morgan fingerprint density at radius 2 is 1.89 bits per heavy atom. The molecule has 0 aliphatic rings. The van der Waals surface area contributed by atoms with Crippen molar-refractivity contribution in [3.8, 4) is 5.75 Å². The van der Waals surface area contributed by atoms with Gasteiger partial charge in [0.15, 0.2) is 0 Å². The highest BCUT2D eigenvalue weighted by atomic mass is 32.1. The summed E-state index contributed by atoms with van der Waals surface area (Å²) in [6, 6.07) is 9.01. The first-order chi connectivity index (χ1) is 16.7. The van der Waals surface area contributed by atoms with Gasteiger partial charge in [0, 0.05) is 37.9 Å². The van der Waals surface area contributed by atoms with Gasteiger partial charge in [0.1, 0.15) is 17.1 Å². The van der Waals surface area contributed by atoms with Gasteiger partial charge >= 0.3 is 6.18 Å². The van der Waals surface area contributed by atoms with Crippen LogP contribution in [0, 0.1) is 0 Å². The Kier molecular flexibility index (Phi) is 10.7. The summed E-state index contributed by atoms with van der Waals surface area (Å²) in [6.45, 7) is 6.41. The lowest BCUT2D eigenvalue weighted by molar-refractivity contribution is -0.137. The molecule has 0 fully saturated rings. The van der Waals surface area contributed by atoms with Crippen LogP contribution in [-0.2, 0) is 12.6 Å². The fraction of sp³-hybridized carbons (Fsp3) is 0.385. The molecule has 0 atom stereocenters. The quantitative estimate of drug-likeness (QED) is 0.320. The normalized spacial score (nSPS) is 11.5. The first-order valence-electron chi connectivity index (χ1n) is 11.3. The zero-order valence-electron chi connectivity index (χ0n) is 20.6. The lowest BCUT2D eigenvalue weighted by atomic mass is 9.99. The van der Waals surface area contributed by atoms with Crippen LogP contribution in [0.2, 0.25) is 0 Å². The molecule has 2 N–H and O–H groups in total. The average molecular weight is 508 g/mol. The van der Waals surface area contributed by atoms with Gasteiger partial charge in [0.25, 0.3) is 0 Å². The Bertz CT molecular complexity index is 1080. The lowest BCUT2D eigenvalue weighted by Crippen LogP contribution is -2.12. The molecule has 0 amide bonds. The number of hydrogen-bond donors (Lipinski definition) is 2. The molecule has 0 bridgehead atoms. The summed E-state index contributed by atoms with van der Waals surface area (Å²) in [4.78, 5) is 8.42. The molecule has 3 rings (SSSR count). The van der Waals surface area contributed by atoms with Gasteiger partial charge in [0.05, 0.1) is 17.7 Å². The van der Waals surface area contributed by atoms with E-state index in [-0.39, 0.29) is 23.4 Å². The third-order valence-corrected chi connectivity index (χ3v) is 5.87. The summed E-state index contributed by atoms with van der Waals surface area (Å²) in [6.07, 6.45) is -0.661. The van der Waals surface area contributed by atoms with Crippen LogP contribution in [0.5, 0.6) is 5.75 Å². The maximum Gasteiger partial charge on any atom is 0.418 e. The van der Waals surface area contributed by atoms with E-state index in [1.165, 1.54) is 30.7 Å². The fourth-order valence-corrected chi connectivity index (χ4v) is 3.93. The largest absolute Gasteiger partial charge is 0.494 e. The van der Waals surface area contributed by atoms with Crippen LogP contribution in [0.3, 0.4) is 0 Å². The van der Waals surface area contributed by atoms with E-state index >= 15 is 0 Å². The van der Waals surface area contributed by atoms with E-state index in [9.17, 15) is 13.2 Å². The summed E-state index contributed by atoms with van der Waals surface area (Å²) in [5, 5.41) is 13.0. The maximum absolute atomic E-state index is 14.2. The molecule has 0 saturated heterocycles. The third-order valence-electron chi connectivity index (χ3n) is 5.09. The second kappa shape index (κ2) is 13.3. The molecule has 0 aliphatic heterocycles. The number of aliphatic hydroxyl groups excluding tert-OH is 1. The Labute approximate surface area is 208 Å². The highest BCUT2D eigenvalue weighted by Gasteiger charge is 2.38. The third kappa shape index (κ3) is 7.80. The van der Waals surface area contributed by atoms with E-state index < -0.39 is 11.7 Å². The number of aliphatic imine (C=N–C) groups is 1. The molecule has 2 aromatic carbocycles. The Morgan fingerprint density at radius 1 is 1.23 bits per heavy atom. The van der Waals surface area contributed by atoms with Crippen molar-refractivity contribution >= 4 is 28.9 Å². The number of benzene rings is 2. The van der Waals surface area contributed by atoms with Crippen molar-refractivity contribution in [1.82, 2.24) is 4.98 Å². The number of alkyl halides is 3. The summed E-state index contributed by atoms with van der Waals surface area (Å²) >= 11 is 1.31. The minimum Gasteiger partial charge on any atom is -0.494 e. The number of aromatic nitrogens is 1. The smallest absolute Gasteiger partial charge is 0.418 e. The second-order valence-corrected chi connectivity index (χ2v) is 8.97. The van der Waals surface area contributed by atoms with Gasteiger partial charge in [0.2, 0.25) is 0 Å². The van der Waals surface area contributed by atoms with Gasteiger partial charge in [-0.05, 0) is 35.1 Å². The van der Waals surface area contributed by atoms with Crippen LogP contribution in [0.1, 0.15) is 60.4 Å². The molecule has 35 heavy (non-hydrogen) atoms. The molecule has 3 aromatic rings. The first kappa shape index (κ1) is 28.3. The molecule has 0 aliphatic carbocycles. The zero-order valence-corrected chi connectivity index (χ0v) is 21.4. The monoisotopic (exact) mass is 507 g/mol. The Balaban J connectivity index is 0.00000100. The number of ether oxygens (including phenoxy) is 1. The fourth-order valence-electron chi connectivity index (χ4n) is 3.29. The van der Waals surface area contributed by atoms with Crippen LogP contribution >= 0.6 is 11.3 Å². The van der Waals surface area contributed by atoms with Gasteiger partial charge in [-0.25, -0.2) is 4.98 Å². The minimum atomic E-state index is -4.60. The van der Waals surface area contributed by atoms with Crippen molar-refractivity contribution in [3.05, 3.63) is 69.2 Å².